The lowest BCUT2D eigenvalue weighted by Crippen LogP contribution is -2.04. The maximum atomic E-state index is 4.52. The first-order chi connectivity index (χ1) is 8.65. The Bertz CT molecular complexity index is 549. The third kappa shape index (κ3) is 2.53. The molecule has 96 valence electrons. The van der Waals surface area contributed by atoms with E-state index in [1.807, 2.05) is 24.7 Å². The Kier molecular flexibility index (Phi) is 3.96. The van der Waals surface area contributed by atoms with Crippen molar-refractivity contribution in [2.45, 2.75) is 27.3 Å². The number of hydrogen-bond donors (Lipinski definition) is 1. The molecule has 0 aromatic carbocycles. The molecule has 2 aromatic heterocycles. The van der Waals surface area contributed by atoms with Gasteiger partial charge in [-0.15, -0.1) is 0 Å². The summed E-state index contributed by atoms with van der Waals surface area (Å²) in [6.07, 6.45) is 3.75. The molecule has 0 aliphatic carbocycles. The molecule has 0 saturated heterocycles. The van der Waals surface area contributed by atoms with Crippen LogP contribution in [0.5, 0.6) is 0 Å². The van der Waals surface area contributed by atoms with Crippen molar-refractivity contribution < 1.29 is 0 Å². The summed E-state index contributed by atoms with van der Waals surface area (Å²) < 4.78 is 2.78. The predicted octanol–water partition coefficient (Wildman–Crippen LogP) is 2.86. The van der Waals surface area contributed by atoms with Crippen LogP contribution in [-0.4, -0.2) is 26.3 Å². The monoisotopic (exact) mass is 309 g/mol. The lowest BCUT2D eigenvalue weighted by Gasteiger charge is -2.08. The molecule has 0 fully saturated rings. The fourth-order valence-corrected chi connectivity index (χ4v) is 1.94. The molecular formula is C12H16BrN5. The van der Waals surface area contributed by atoms with Crippen molar-refractivity contribution >= 4 is 21.7 Å². The number of aryl methyl sites for hydroxylation is 2. The zero-order valence-corrected chi connectivity index (χ0v) is 12.3. The molecule has 0 atom stereocenters. The van der Waals surface area contributed by atoms with Crippen molar-refractivity contribution in [2.75, 3.05) is 11.9 Å². The summed E-state index contributed by atoms with van der Waals surface area (Å²) in [5, 5.41) is 7.47. The van der Waals surface area contributed by atoms with Gasteiger partial charge in [-0.1, -0.05) is 0 Å². The number of nitrogens with zero attached hydrogens (tertiary/aromatic N) is 4. The Labute approximate surface area is 115 Å². The molecule has 2 aromatic rings. The molecule has 0 aliphatic rings. The standard InChI is InChI=1S/C12H16BrN5/c1-4-14-12-10(13)8(3)16-11(17-12)9-6-15-18(5-2)7-9/h6-7H,4-5H2,1-3H3,(H,14,16,17). The van der Waals surface area contributed by atoms with Gasteiger partial charge < -0.3 is 5.32 Å². The van der Waals surface area contributed by atoms with E-state index in [4.69, 9.17) is 0 Å². The van der Waals surface area contributed by atoms with Crippen LogP contribution < -0.4 is 5.32 Å². The molecule has 0 saturated carbocycles. The van der Waals surface area contributed by atoms with E-state index >= 15 is 0 Å². The highest BCUT2D eigenvalue weighted by Crippen LogP contribution is 2.26. The number of aromatic nitrogens is 4. The van der Waals surface area contributed by atoms with Gasteiger partial charge >= 0.3 is 0 Å². The molecule has 0 aliphatic heterocycles. The van der Waals surface area contributed by atoms with Crippen LogP contribution in [0.3, 0.4) is 0 Å². The molecule has 0 radical (unpaired) electrons. The van der Waals surface area contributed by atoms with E-state index in [-0.39, 0.29) is 0 Å². The summed E-state index contributed by atoms with van der Waals surface area (Å²) in [6, 6.07) is 0. The maximum Gasteiger partial charge on any atom is 0.165 e. The number of rotatable bonds is 4. The third-order valence-corrected chi connectivity index (χ3v) is 3.53. The summed E-state index contributed by atoms with van der Waals surface area (Å²) >= 11 is 3.50. The fourth-order valence-electron chi connectivity index (χ4n) is 1.62. The van der Waals surface area contributed by atoms with E-state index in [2.05, 4.69) is 43.2 Å². The second-order valence-corrected chi connectivity index (χ2v) is 4.70. The van der Waals surface area contributed by atoms with E-state index in [0.29, 0.717) is 5.82 Å². The van der Waals surface area contributed by atoms with E-state index < -0.39 is 0 Å². The van der Waals surface area contributed by atoms with E-state index in [1.54, 1.807) is 6.20 Å². The van der Waals surface area contributed by atoms with Gasteiger partial charge in [0.2, 0.25) is 0 Å². The highest BCUT2D eigenvalue weighted by molar-refractivity contribution is 9.10. The minimum atomic E-state index is 0.700. The Morgan fingerprint density at radius 3 is 2.72 bits per heavy atom. The summed E-state index contributed by atoms with van der Waals surface area (Å²) in [4.78, 5) is 9.00. The first-order valence-electron chi connectivity index (χ1n) is 5.96. The average Bonchev–Trinajstić information content (AvgIpc) is 2.83. The van der Waals surface area contributed by atoms with E-state index in [9.17, 15) is 0 Å². The molecule has 2 rings (SSSR count). The Morgan fingerprint density at radius 2 is 2.11 bits per heavy atom. The highest BCUT2D eigenvalue weighted by atomic mass is 79.9. The zero-order valence-electron chi connectivity index (χ0n) is 10.7. The number of hydrogen-bond acceptors (Lipinski definition) is 4. The van der Waals surface area contributed by atoms with Gasteiger partial charge in [0.05, 0.1) is 21.9 Å². The van der Waals surface area contributed by atoms with Gasteiger partial charge in [0.15, 0.2) is 5.82 Å². The van der Waals surface area contributed by atoms with Crippen LogP contribution in [0, 0.1) is 6.92 Å². The number of nitrogens with one attached hydrogen (secondary N) is 1. The van der Waals surface area contributed by atoms with Crippen LogP contribution in [0.15, 0.2) is 16.9 Å². The number of anilines is 1. The van der Waals surface area contributed by atoms with Crippen molar-refractivity contribution in [1.29, 1.82) is 0 Å². The van der Waals surface area contributed by atoms with Crippen molar-refractivity contribution in [3.05, 3.63) is 22.6 Å². The zero-order chi connectivity index (χ0) is 13.1. The molecule has 2 heterocycles. The van der Waals surface area contributed by atoms with Gasteiger partial charge in [-0.3, -0.25) is 4.68 Å². The normalized spacial score (nSPS) is 10.7. The molecule has 0 unspecified atom stereocenters. The molecule has 1 N–H and O–H groups in total. The summed E-state index contributed by atoms with van der Waals surface area (Å²) in [5.41, 5.74) is 1.85. The minimum absolute atomic E-state index is 0.700. The van der Waals surface area contributed by atoms with Crippen molar-refractivity contribution in [2.24, 2.45) is 0 Å². The van der Waals surface area contributed by atoms with Gasteiger partial charge in [0.25, 0.3) is 0 Å². The molecule has 5 nitrogen and oxygen atoms in total. The van der Waals surface area contributed by atoms with Crippen LogP contribution in [0.4, 0.5) is 5.82 Å². The van der Waals surface area contributed by atoms with Gasteiger partial charge in [0, 0.05) is 19.3 Å². The summed E-state index contributed by atoms with van der Waals surface area (Å²) in [5.74, 6) is 1.52. The largest absolute Gasteiger partial charge is 0.369 e. The van der Waals surface area contributed by atoms with Crippen LogP contribution >= 0.6 is 15.9 Å². The first kappa shape index (κ1) is 13.0. The van der Waals surface area contributed by atoms with Crippen molar-refractivity contribution in [1.82, 2.24) is 19.7 Å². The lowest BCUT2D eigenvalue weighted by atomic mass is 10.3. The lowest BCUT2D eigenvalue weighted by molar-refractivity contribution is 0.660. The smallest absolute Gasteiger partial charge is 0.165 e. The minimum Gasteiger partial charge on any atom is -0.369 e. The Hall–Kier alpha value is -1.43. The summed E-state index contributed by atoms with van der Waals surface area (Å²) in [6.45, 7) is 7.71. The van der Waals surface area contributed by atoms with Crippen LogP contribution in [0.1, 0.15) is 19.5 Å². The maximum absolute atomic E-state index is 4.52. The van der Waals surface area contributed by atoms with Gasteiger partial charge in [-0.25, -0.2) is 9.97 Å². The highest BCUT2D eigenvalue weighted by Gasteiger charge is 2.11. The van der Waals surface area contributed by atoms with Crippen LogP contribution in [-0.2, 0) is 6.54 Å². The SMILES string of the molecule is CCNc1nc(-c2cnn(CC)c2)nc(C)c1Br. The molecule has 6 heteroatoms. The second kappa shape index (κ2) is 5.48. The predicted molar refractivity (Wildman–Crippen MR) is 75.5 cm³/mol. The molecular weight excluding hydrogens is 294 g/mol. The van der Waals surface area contributed by atoms with E-state index in [0.717, 1.165) is 34.6 Å². The quantitative estimate of drug-likeness (QED) is 0.943. The van der Waals surface area contributed by atoms with Gasteiger partial charge in [0.1, 0.15) is 5.82 Å². The van der Waals surface area contributed by atoms with E-state index in [1.165, 1.54) is 0 Å². The fraction of sp³-hybridized carbons (Fsp3) is 0.417. The first-order valence-corrected chi connectivity index (χ1v) is 6.75. The molecule has 0 bridgehead atoms. The van der Waals surface area contributed by atoms with Gasteiger partial charge in [-0.2, -0.15) is 5.10 Å². The molecule has 18 heavy (non-hydrogen) atoms. The van der Waals surface area contributed by atoms with Crippen molar-refractivity contribution in [3.63, 3.8) is 0 Å². The summed E-state index contributed by atoms with van der Waals surface area (Å²) in [7, 11) is 0. The topological polar surface area (TPSA) is 55.6 Å². The molecule has 0 spiro atoms. The Balaban J connectivity index is 2.44. The van der Waals surface area contributed by atoms with Crippen LogP contribution in [0.2, 0.25) is 0 Å². The third-order valence-electron chi connectivity index (χ3n) is 2.58. The Morgan fingerprint density at radius 1 is 1.33 bits per heavy atom. The number of halogens is 1. The van der Waals surface area contributed by atoms with Gasteiger partial charge in [-0.05, 0) is 36.7 Å². The van der Waals surface area contributed by atoms with Crippen molar-refractivity contribution in [3.8, 4) is 11.4 Å². The molecule has 0 amide bonds. The second-order valence-electron chi connectivity index (χ2n) is 3.91. The average molecular weight is 310 g/mol. The van der Waals surface area contributed by atoms with Crippen LogP contribution in [0.25, 0.3) is 11.4 Å².